The molecule has 2 saturated carbocycles. The second kappa shape index (κ2) is 7.26. The van der Waals surface area contributed by atoms with Gasteiger partial charge in [0, 0.05) is 36.8 Å². The lowest BCUT2D eigenvalue weighted by atomic mass is 10.1. The van der Waals surface area contributed by atoms with Gasteiger partial charge in [-0.15, -0.1) is 0 Å². The number of carbonyl (C=O) groups is 1. The standard InChI is InChI=1S/C24H19F3N4O2/c25-24(26,27)13-6-7-19(30-11-13)33-18-10-15-16-12-31(22(18)20(15)16)23(32)21-14(4-3-9-29-21)17-5-1-2-8-28-17/h1-9,11,15-16,18,20,22H,10,12H2. The Morgan fingerprint density at radius 2 is 1.85 bits per heavy atom. The minimum absolute atomic E-state index is 0.136. The highest BCUT2D eigenvalue weighted by Gasteiger charge is 2.70. The van der Waals surface area contributed by atoms with Gasteiger partial charge in [-0.05, 0) is 54.5 Å². The zero-order valence-electron chi connectivity index (χ0n) is 17.3. The number of rotatable bonds is 4. The topological polar surface area (TPSA) is 68.2 Å². The maximum Gasteiger partial charge on any atom is 0.417 e. The molecular formula is C24H19F3N4O2. The Morgan fingerprint density at radius 3 is 2.58 bits per heavy atom. The van der Waals surface area contributed by atoms with E-state index in [9.17, 15) is 18.0 Å². The molecule has 5 atom stereocenters. The third-order valence-electron chi connectivity index (χ3n) is 6.99. The van der Waals surface area contributed by atoms with Gasteiger partial charge in [0.2, 0.25) is 5.88 Å². The molecule has 3 aromatic heterocycles. The van der Waals surface area contributed by atoms with Gasteiger partial charge in [0.1, 0.15) is 11.8 Å². The molecule has 3 fully saturated rings. The van der Waals surface area contributed by atoms with Crippen molar-refractivity contribution in [3.63, 3.8) is 0 Å². The van der Waals surface area contributed by atoms with Gasteiger partial charge in [-0.25, -0.2) is 4.98 Å². The van der Waals surface area contributed by atoms with Crippen LogP contribution in [0.15, 0.2) is 61.1 Å². The van der Waals surface area contributed by atoms with Crippen LogP contribution < -0.4 is 4.74 Å². The lowest BCUT2D eigenvalue weighted by molar-refractivity contribution is -0.137. The molecule has 0 bridgehead atoms. The minimum atomic E-state index is -4.45. The van der Waals surface area contributed by atoms with Gasteiger partial charge in [0.05, 0.1) is 17.3 Å². The van der Waals surface area contributed by atoms with E-state index in [1.807, 2.05) is 29.2 Å². The highest BCUT2D eigenvalue weighted by molar-refractivity contribution is 5.99. The summed E-state index contributed by atoms with van der Waals surface area (Å²) in [6.45, 7) is 0.636. The van der Waals surface area contributed by atoms with Crippen LogP contribution in [0, 0.1) is 17.8 Å². The Kier molecular flexibility index (Phi) is 4.43. The Morgan fingerprint density at radius 1 is 1.00 bits per heavy atom. The normalized spacial score (nSPS) is 27.4. The summed E-state index contributed by atoms with van der Waals surface area (Å²) in [6, 6.07) is 11.2. The van der Waals surface area contributed by atoms with Crippen LogP contribution in [-0.4, -0.2) is 44.4 Å². The van der Waals surface area contributed by atoms with Crippen molar-refractivity contribution in [2.45, 2.75) is 24.7 Å². The number of carbonyl (C=O) groups excluding carboxylic acids is 1. The van der Waals surface area contributed by atoms with Crippen LogP contribution in [0.3, 0.4) is 0 Å². The van der Waals surface area contributed by atoms with E-state index >= 15 is 0 Å². The maximum atomic E-state index is 13.6. The number of pyridine rings is 3. The van der Waals surface area contributed by atoms with Crippen LogP contribution in [0.25, 0.3) is 11.3 Å². The number of halogens is 3. The smallest absolute Gasteiger partial charge is 0.417 e. The molecule has 3 aliphatic rings. The average Bonchev–Trinajstić information content (AvgIpc) is 3.19. The first-order valence-electron chi connectivity index (χ1n) is 10.8. The number of fused-ring (bicyclic) bond motifs is 1. The zero-order chi connectivity index (χ0) is 22.7. The molecule has 1 aliphatic heterocycles. The SMILES string of the molecule is O=C(c1ncccc1-c1ccccn1)N1CC2C3CC(Oc4ccc(C(F)(F)F)cn4)C1C32. The molecule has 6 nitrogen and oxygen atoms in total. The summed E-state index contributed by atoms with van der Waals surface area (Å²) in [4.78, 5) is 28.0. The van der Waals surface area contributed by atoms with E-state index in [4.69, 9.17) is 4.74 Å². The Balaban J connectivity index is 1.25. The van der Waals surface area contributed by atoms with Gasteiger partial charge in [0.15, 0.2) is 0 Å². The molecule has 2 aliphatic carbocycles. The highest BCUT2D eigenvalue weighted by atomic mass is 19.4. The minimum Gasteiger partial charge on any atom is -0.472 e. The van der Waals surface area contributed by atoms with Crippen molar-refractivity contribution >= 4 is 5.91 Å². The van der Waals surface area contributed by atoms with Crippen LogP contribution in [-0.2, 0) is 6.18 Å². The lowest BCUT2D eigenvalue weighted by Gasteiger charge is -2.29. The molecule has 0 N–H and O–H groups in total. The first-order chi connectivity index (χ1) is 15.9. The molecular weight excluding hydrogens is 433 g/mol. The number of amides is 1. The summed E-state index contributed by atoms with van der Waals surface area (Å²) < 4.78 is 44.5. The molecule has 5 unspecified atom stereocenters. The second-order valence-corrected chi connectivity index (χ2v) is 8.74. The fourth-order valence-corrected chi connectivity index (χ4v) is 5.53. The molecule has 4 heterocycles. The van der Waals surface area contributed by atoms with Crippen molar-refractivity contribution in [3.05, 3.63) is 72.3 Å². The highest BCUT2D eigenvalue weighted by Crippen LogP contribution is 2.64. The Hall–Kier alpha value is -3.49. The predicted octanol–water partition coefficient (Wildman–Crippen LogP) is 4.10. The monoisotopic (exact) mass is 452 g/mol. The molecule has 0 spiro atoms. The molecule has 3 aromatic rings. The van der Waals surface area contributed by atoms with E-state index < -0.39 is 11.7 Å². The van der Waals surface area contributed by atoms with Gasteiger partial charge in [-0.1, -0.05) is 6.07 Å². The zero-order valence-corrected chi connectivity index (χ0v) is 17.3. The number of likely N-dealkylation sites (tertiary alicyclic amines) is 1. The van der Waals surface area contributed by atoms with Crippen LogP contribution in [0.1, 0.15) is 22.5 Å². The van der Waals surface area contributed by atoms with E-state index in [-0.39, 0.29) is 23.9 Å². The number of hydrogen-bond acceptors (Lipinski definition) is 5. The van der Waals surface area contributed by atoms with Gasteiger partial charge in [0.25, 0.3) is 5.91 Å². The van der Waals surface area contributed by atoms with Crippen molar-refractivity contribution in [3.8, 4) is 17.1 Å². The van der Waals surface area contributed by atoms with E-state index in [0.29, 0.717) is 41.2 Å². The number of nitrogens with zero attached hydrogens (tertiary/aromatic N) is 4. The van der Waals surface area contributed by atoms with Crippen molar-refractivity contribution in [2.75, 3.05) is 6.54 Å². The number of ether oxygens (including phenoxy) is 1. The van der Waals surface area contributed by atoms with Crippen LogP contribution in [0.2, 0.25) is 0 Å². The number of hydrogen-bond donors (Lipinski definition) is 0. The molecule has 0 aromatic carbocycles. The van der Waals surface area contributed by atoms with Crippen molar-refractivity contribution in [2.24, 2.45) is 17.8 Å². The molecule has 9 heteroatoms. The number of aromatic nitrogens is 3. The van der Waals surface area contributed by atoms with Crippen LogP contribution in [0.5, 0.6) is 5.88 Å². The molecule has 168 valence electrons. The fraction of sp³-hybridized carbons (Fsp3) is 0.333. The summed E-state index contributed by atoms with van der Waals surface area (Å²) in [5.74, 6) is 1.24. The summed E-state index contributed by atoms with van der Waals surface area (Å²) in [6.07, 6.45) is 0.0448. The predicted molar refractivity (Wildman–Crippen MR) is 111 cm³/mol. The van der Waals surface area contributed by atoms with E-state index in [0.717, 1.165) is 18.7 Å². The van der Waals surface area contributed by atoms with E-state index in [2.05, 4.69) is 15.0 Å². The van der Waals surface area contributed by atoms with E-state index in [1.165, 1.54) is 6.07 Å². The van der Waals surface area contributed by atoms with Crippen molar-refractivity contribution in [1.29, 1.82) is 0 Å². The van der Waals surface area contributed by atoms with Gasteiger partial charge < -0.3 is 9.64 Å². The molecule has 1 saturated heterocycles. The third-order valence-corrected chi connectivity index (χ3v) is 6.99. The molecule has 0 radical (unpaired) electrons. The van der Waals surface area contributed by atoms with Crippen molar-refractivity contribution < 1.29 is 22.7 Å². The number of alkyl halides is 3. The molecule has 6 rings (SSSR count). The molecule has 1 amide bonds. The van der Waals surface area contributed by atoms with Gasteiger partial charge >= 0.3 is 6.18 Å². The van der Waals surface area contributed by atoms with Gasteiger partial charge in [-0.2, -0.15) is 13.2 Å². The average molecular weight is 452 g/mol. The number of piperidine rings is 1. The molecule has 33 heavy (non-hydrogen) atoms. The van der Waals surface area contributed by atoms with Crippen LogP contribution in [0.4, 0.5) is 13.2 Å². The summed E-state index contributed by atoms with van der Waals surface area (Å²) in [7, 11) is 0. The summed E-state index contributed by atoms with van der Waals surface area (Å²) >= 11 is 0. The summed E-state index contributed by atoms with van der Waals surface area (Å²) in [5, 5.41) is 0. The van der Waals surface area contributed by atoms with Crippen LogP contribution >= 0.6 is 0 Å². The first kappa shape index (κ1) is 20.1. The lowest BCUT2D eigenvalue weighted by Crippen LogP contribution is -2.45. The largest absolute Gasteiger partial charge is 0.472 e. The summed E-state index contributed by atoms with van der Waals surface area (Å²) in [5.41, 5.74) is 0.857. The van der Waals surface area contributed by atoms with Gasteiger partial charge in [-0.3, -0.25) is 14.8 Å². The van der Waals surface area contributed by atoms with Crippen molar-refractivity contribution in [1.82, 2.24) is 19.9 Å². The van der Waals surface area contributed by atoms with E-state index in [1.54, 1.807) is 18.5 Å². The maximum absolute atomic E-state index is 13.6. The Labute approximate surface area is 187 Å². The second-order valence-electron chi connectivity index (χ2n) is 8.74. The quantitative estimate of drug-likeness (QED) is 0.597. The fourth-order valence-electron chi connectivity index (χ4n) is 5.53. The Bertz CT molecular complexity index is 1200. The third kappa shape index (κ3) is 3.34. The first-order valence-corrected chi connectivity index (χ1v) is 10.8.